The fourth-order valence-electron chi connectivity index (χ4n) is 3.75. The number of piperidine rings is 1. The Morgan fingerprint density at radius 3 is 2.29 bits per heavy atom. The molecular weight excluding hydrogens is 354 g/mol. The number of pyridine rings is 1. The summed E-state index contributed by atoms with van der Waals surface area (Å²) in [6, 6.07) is 11.9. The highest BCUT2D eigenvalue weighted by atomic mass is 16.4. The molecule has 1 amide bonds. The highest BCUT2D eigenvalue weighted by Gasteiger charge is 2.30. The van der Waals surface area contributed by atoms with Crippen LogP contribution in [0.5, 0.6) is 0 Å². The number of aromatic nitrogens is 2. The maximum absolute atomic E-state index is 13.4. The molecule has 1 aliphatic heterocycles. The van der Waals surface area contributed by atoms with Crippen LogP contribution in [0.25, 0.3) is 16.9 Å². The van der Waals surface area contributed by atoms with E-state index in [9.17, 15) is 14.7 Å². The summed E-state index contributed by atoms with van der Waals surface area (Å²) in [5, 5.41) is 9.22. The van der Waals surface area contributed by atoms with Crippen LogP contribution in [-0.4, -0.2) is 44.4 Å². The third kappa shape index (κ3) is 3.26. The number of carboxylic acid groups (broad SMARTS) is 1. The van der Waals surface area contributed by atoms with Crippen molar-refractivity contribution in [2.75, 3.05) is 13.1 Å². The van der Waals surface area contributed by atoms with E-state index in [1.807, 2.05) is 60.8 Å². The fraction of sp³-hybridized carbons (Fsp3) is 0.318. The molecule has 3 aromatic rings. The molecule has 28 heavy (non-hydrogen) atoms. The van der Waals surface area contributed by atoms with Crippen molar-refractivity contribution >= 4 is 17.5 Å². The molecule has 3 heterocycles. The molecule has 6 nitrogen and oxygen atoms in total. The van der Waals surface area contributed by atoms with Gasteiger partial charge in [0.1, 0.15) is 17.0 Å². The van der Waals surface area contributed by atoms with Crippen LogP contribution in [-0.2, 0) is 4.79 Å². The molecule has 2 aromatic heterocycles. The summed E-state index contributed by atoms with van der Waals surface area (Å²) in [5.41, 5.74) is 5.01. The number of nitrogens with zero attached hydrogens (tertiary/aromatic N) is 3. The van der Waals surface area contributed by atoms with Crippen LogP contribution in [0.4, 0.5) is 0 Å². The van der Waals surface area contributed by atoms with Gasteiger partial charge in [-0.25, -0.2) is 4.98 Å². The van der Waals surface area contributed by atoms with Crippen LogP contribution in [0.3, 0.4) is 0 Å². The number of likely N-dealkylation sites (tertiary alicyclic amines) is 1. The first-order valence-corrected chi connectivity index (χ1v) is 9.52. The number of hydrogen-bond acceptors (Lipinski definition) is 3. The quantitative estimate of drug-likeness (QED) is 0.757. The van der Waals surface area contributed by atoms with Crippen molar-refractivity contribution in [3.8, 4) is 11.3 Å². The van der Waals surface area contributed by atoms with Gasteiger partial charge in [0.15, 0.2) is 0 Å². The number of imidazole rings is 1. The largest absolute Gasteiger partial charge is 0.481 e. The molecule has 1 aliphatic rings. The molecule has 0 bridgehead atoms. The number of amides is 1. The molecule has 0 aliphatic carbocycles. The predicted octanol–water partition coefficient (Wildman–Crippen LogP) is 3.55. The number of rotatable bonds is 3. The Kier molecular flexibility index (Phi) is 4.63. The molecule has 1 fully saturated rings. The second-order valence-electron chi connectivity index (χ2n) is 7.51. The van der Waals surface area contributed by atoms with Crippen molar-refractivity contribution in [3.63, 3.8) is 0 Å². The van der Waals surface area contributed by atoms with Gasteiger partial charge in [0.2, 0.25) is 0 Å². The van der Waals surface area contributed by atoms with Gasteiger partial charge in [-0.3, -0.25) is 14.0 Å². The Hall–Kier alpha value is -3.15. The van der Waals surface area contributed by atoms with Gasteiger partial charge < -0.3 is 10.0 Å². The monoisotopic (exact) mass is 377 g/mol. The molecule has 0 saturated carbocycles. The Bertz CT molecular complexity index is 1040. The van der Waals surface area contributed by atoms with Gasteiger partial charge in [-0.1, -0.05) is 35.9 Å². The Labute approximate surface area is 163 Å². The number of benzene rings is 1. The fourth-order valence-corrected chi connectivity index (χ4v) is 3.75. The Morgan fingerprint density at radius 1 is 1.00 bits per heavy atom. The third-order valence-corrected chi connectivity index (χ3v) is 5.43. The lowest BCUT2D eigenvalue weighted by Crippen LogP contribution is -2.40. The summed E-state index contributed by atoms with van der Waals surface area (Å²) in [6.07, 6.45) is 2.89. The average molecular weight is 377 g/mol. The molecular formula is C22H23N3O3. The summed E-state index contributed by atoms with van der Waals surface area (Å²) in [7, 11) is 0. The molecule has 0 spiro atoms. The standard InChI is InChI=1S/C22H23N3O3/c1-14-3-6-16(7-4-14)19-20(25-13-15(2)5-8-18(25)23-19)21(26)24-11-9-17(10-12-24)22(27)28/h3-8,13,17H,9-12H2,1-2H3,(H,27,28). The Morgan fingerprint density at radius 2 is 1.64 bits per heavy atom. The van der Waals surface area contributed by atoms with E-state index in [2.05, 4.69) is 0 Å². The van der Waals surface area contributed by atoms with Gasteiger partial charge in [0.25, 0.3) is 5.91 Å². The van der Waals surface area contributed by atoms with Crippen molar-refractivity contribution in [1.82, 2.24) is 14.3 Å². The van der Waals surface area contributed by atoms with Crippen molar-refractivity contribution in [2.45, 2.75) is 26.7 Å². The van der Waals surface area contributed by atoms with Crippen molar-refractivity contribution in [3.05, 3.63) is 59.4 Å². The predicted molar refractivity (Wildman–Crippen MR) is 106 cm³/mol. The molecule has 4 rings (SSSR count). The second-order valence-corrected chi connectivity index (χ2v) is 7.51. The highest BCUT2D eigenvalue weighted by molar-refractivity contribution is 6.00. The van der Waals surface area contributed by atoms with Crippen LogP contribution < -0.4 is 0 Å². The van der Waals surface area contributed by atoms with Crippen molar-refractivity contribution in [2.24, 2.45) is 5.92 Å². The number of carbonyl (C=O) groups excluding carboxylic acids is 1. The molecule has 1 N–H and O–H groups in total. The summed E-state index contributed by atoms with van der Waals surface area (Å²) >= 11 is 0. The first kappa shape index (κ1) is 18.2. The van der Waals surface area contributed by atoms with E-state index in [0.29, 0.717) is 37.3 Å². The van der Waals surface area contributed by atoms with E-state index in [4.69, 9.17) is 4.98 Å². The van der Waals surface area contributed by atoms with Crippen LogP contribution in [0.2, 0.25) is 0 Å². The third-order valence-electron chi connectivity index (χ3n) is 5.43. The van der Waals surface area contributed by atoms with E-state index in [1.165, 1.54) is 0 Å². The molecule has 0 radical (unpaired) electrons. The minimum Gasteiger partial charge on any atom is -0.481 e. The number of carbonyl (C=O) groups is 2. The summed E-state index contributed by atoms with van der Waals surface area (Å²) in [4.78, 5) is 31.1. The van der Waals surface area contributed by atoms with Crippen molar-refractivity contribution in [1.29, 1.82) is 0 Å². The van der Waals surface area contributed by atoms with E-state index in [-0.39, 0.29) is 11.8 Å². The molecule has 0 unspecified atom stereocenters. The maximum atomic E-state index is 13.4. The number of aryl methyl sites for hydroxylation is 2. The van der Waals surface area contributed by atoms with Gasteiger partial charge in [-0.05, 0) is 38.3 Å². The van der Waals surface area contributed by atoms with Crippen LogP contribution in [0.1, 0.15) is 34.5 Å². The SMILES string of the molecule is Cc1ccc(-c2nc3ccc(C)cn3c2C(=O)N2CCC(C(=O)O)CC2)cc1. The molecule has 144 valence electrons. The number of hydrogen-bond donors (Lipinski definition) is 1. The minimum absolute atomic E-state index is 0.0995. The minimum atomic E-state index is -0.780. The van der Waals surface area contributed by atoms with Gasteiger partial charge in [0, 0.05) is 24.8 Å². The van der Waals surface area contributed by atoms with Crippen molar-refractivity contribution < 1.29 is 14.7 Å². The molecule has 6 heteroatoms. The average Bonchev–Trinajstić information content (AvgIpc) is 3.06. The van der Waals surface area contributed by atoms with Crippen LogP contribution >= 0.6 is 0 Å². The van der Waals surface area contributed by atoms with E-state index in [1.54, 1.807) is 4.90 Å². The number of aliphatic carboxylic acids is 1. The summed E-state index contributed by atoms with van der Waals surface area (Å²) < 4.78 is 1.86. The van der Waals surface area contributed by atoms with Gasteiger partial charge in [-0.2, -0.15) is 0 Å². The Balaban J connectivity index is 1.77. The molecule has 1 saturated heterocycles. The van der Waals surface area contributed by atoms with Crippen LogP contribution in [0.15, 0.2) is 42.6 Å². The second kappa shape index (κ2) is 7.11. The number of carboxylic acids is 1. The first-order chi connectivity index (χ1) is 13.4. The lowest BCUT2D eigenvalue weighted by Gasteiger charge is -2.30. The van der Waals surface area contributed by atoms with Crippen LogP contribution in [0, 0.1) is 19.8 Å². The zero-order valence-electron chi connectivity index (χ0n) is 16.1. The summed E-state index contributed by atoms with van der Waals surface area (Å²) in [6.45, 7) is 4.90. The number of fused-ring (bicyclic) bond motifs is 1. The normalized spacial score (nSPS) is 15.1. The van der Waals surface area contributed by atoms with Gasteiger partial charge in [-0.15, -0.1) is 0 Å². The first-order valence-electron chi connectivity index (χ1n) is 9.52. The topological polar surface area (TPSA) is 74.9 Å². The van der Waals surface area contributed by atoms with E-state index >= 15 is 0 Å². The zero-order chi connectivity index (χ0) is 19.8. The smallest absolute Gasteiger partial charge is 0.306 e. The highest BCUT2D eigenvalue weighted by Crippen LogP contribution is 2.28. The lowest BCUT2D eigenvalue weighted by atomic mass is 9.96. The van der Waals surface area contributed by atoms with Gasteiger partial charge >= 0.3 is 5.97 Å². The zero-order valence-corrected chi connectivity index (χ0v) is 16.1. The molecule has 1 aromatic carbocycles. The lowest BCUT2D eigenvalue weighted by molar-refractivity contribution is -0.143. The van der Waals surface area contributed by atoms with Gasteiger partial charge in [0.05, 0.1) is 5.92 Å². The van der Waals surface area contributed by atoms with E-state index in [0.717, 1.165) is 22.3 Å². The summed E-state index contributed by atoms with van der Waals surface area (Å²) in [5.74, 6) is -1.25. The maximum Gasteiger partial charge on any atom is 0.306 e. The van der Waals surface area contributed by atoms with E-state index < -0.39 is 5.97 Å². The molecule has 0 atom stereocenters.